The Morgan fingerprint density at radius 1 is 0.660 bits per heavy atom. The lowest BCUT2D eigenvalue weighted by Gasteiger charge is -2.50. The van der Waals surface area contributed by atoms with Crippen molar-refractivity contribution in [2.75, 3.05) is 11.4 Å². The molecule has 0 spiro atoms. The van der Waals surface area contributed by atoms with Crippen molar-refractivity contribution < 1.29 is 23.8 Å². The molecule has 1 fully saturated rings. The summed E-state index contributed by atoms with van der Waals surface area (Å²) in [7, 11) is 0. The normalized spacial score (nSPS) is 16.0. The summed E-state index contributed by atoms with van der Waals surface area (Å²) in [4.78, 5) is 16.4. The van der Waals surface area contributed by atoms with E-state index in [-0.39, 0.29) is 24.8 Å². The van der Waals surface area contributed by atoms with Gasteiger partial charge in [0.15, 0.2) is 11.5 Å². The molecule has 0 radical (unpaired) electrons. The average Bonchev–Trinajstić information content (AvgIpc) is 3.17. The fraction of sp³-hybridized carbons (Fsp3) is 0.159. The molecule has 6 aromatic carbocycles. The summed E-state index contributed by atoms with van der Waals surface area (Å²) in [6, 6.07) is 49.4. The van der Waals surface area contributed by atoms with Crippen LogP contribution in [0.3, 0.4) is 0 Å². The van der Waals surface area contributed by atoms with Crippen molar-refractivity contribution in [2.24, 2.45) is 0 Å². The largest absolute Gasteiger partial charge is 0.485 e. The van der Waals surface area contributed by atoms with E-state index < -0.39 is 11.5 Å². The van der Waals surface area contributed by atoms with Gasteiger partial charge in [-0.05, 0) is 59.4 Å². The summed E-state index contributed by atoms with van der Waals surface area (Å²) in [5.74, 6) is 0.606. The number of hydrogen-bond donors (Lipinski definition) is 1. The molecule has 50 heavy (non-hydrogen) atoms. The van der Waals surface area contributed by atoms with Gasteiger partial charge in [-0.15, -0.1) is 0 Å². The van der Waals surface area contributed by atoms with Crippen LogP contribution < -0.4 is 14.4 Å². The molecule has 7 rings (SSSR count). The molecular formula is C44H38FNO4. The molecule has 6 heteroatoms. The smallest absolute Gasteiger partial charge is 0.239 e. The third-order valence-corrected chi connectivity index (χ3v) is 9.41. The van der Waals surface area contributed by atoms with Gasteiger partial charge in [0.25, 0.3) is 0 Å². The number of aliphatic hydroxyl groups excluding tert-OH is 1. The second-order valence-corrected chi connectivity index (χ2v) is 12.6. The lowest BCUT2D eigenvalue weighted by Crippen LogP contribution is -2.64. The van der Waals surface area contributed by atoms with Crippen molar-refractivity contribution >= 4 is 11.6 Å². The van der Waals surface area contributed by atoms with E-state index in [4.69, 9.17) is 9.47 Å². The first-order valence-corrected chi connectivity index (χ1v) is 16.9. The SMILES string of the molecule is O=C1N(c2ccccc2)CC1(CCC(O)c1ccc(F)cc1)c1ccc(-c2ccccc2)c(OCc2ccccc2)c1OCc1ccccc1. The zero-order chi connectivity index (χ0) is 34.3. The monoisotopic (exact) mass is 663 g/mol. The van der Waals surface area contributed by atoms with E-state index >= 15 is 0 Å². The maximum atomic E-state index is 14.6. The van der Waals surface area contributed by atoms with Gasteiger partial charge in [-0.3, -0.25) is 4.79 Å². The van der Waals surface area contributed by atoms with Gasteiger partial charge in [0.05, 0.1) is 11.5 Å². The van der Waals surface area contributed by atoms with E-state index in [1.54, 1.807) is 17.0 Å². The summed E-state index contributed by atoms with van der Waals surface area (Å²) in [5.41, 5.74) is 4.87. The number of β-lactam (4-membered cyclic amide) rings is 1. The lowest BCUT2D eigenvalue weighted by molar-refractivity contribution is -0.130. The zero-order valence-electron chi connectivity index (χ0n) is 27.6. The van der Waals surface area contributed by atoms with E-state index in [2.05, 4.69) is 0 Å². The molecular weight excluding hydrogens is 625 g/mol. The highest BCUT2D eigenvalue weighted by Gasteiger charge is 2.55. The minimum absolute atomic E-state index is 0.0824. The highest BCUT2D eigenvalue weighted by Crippen LogP contribution is 2.52. The fourth-order valence-electron chi connectivity index (χ4n) is 6.68. The van der Waals surface area contributed by atoms with Gasteiger partial charge in [0.1, 0.15) is 19.0 Å². The summed E-state index contributed by atoms with van der Waals surface area (Å²) in [5, 5.41) is 11.3. The van der Waals surface area contributed by atoms with E-state index in [9.17, 15) is 14.3 Å². The maximum absolute atomic E-state index is 14.6. The van der Waals surface area contributed by atoms with Crippen LogP contribution in [-0.4, -0.2) is 17.6 Å². The summed E-state index contributed by atoms with van der Waals surface area (Å²) < 4.78 is 27.2. The van der Waals surface area contributed by atoms with E-state index in [1.807, 2.05) is 133 Å². The first-order chi connectivity index (χ1) is 24.5. The van der Waals surface area contributed by atoms with Gasteiger partial charge >= 0.3 is 0 Å². The van der Waals surface area contributed by atoms with Gasteiger partial charge in [-0.25, -0.2) is 4.39 Å². The highest BCUT2D eigenvalue weighted by atomic mass is 19.1. The first-order valence-electron chi connectivity index (χ1n) is 16.9. The second-order valence-electron chi connectivity index (χ2n) is 12.6. The number of benzene rings is 6. The quantitative estimate of drug-likeness (QED) is 0.125. The number of rotatable bonds is 13. The minimum Gasteiger partial charge on any atom is -0.485 e. The van der Waals surface area contributed by atoms with Crippen molar-refractivity contribution in [3.63, 3.8) is 0 Å². The van der Waals surface area contributed by atoms with Crippen LogP contribution in [0.2, 0.25) is 0 Å². The number of ether oxygens (including phenoxy) is 2. The molecule has 1 N–H and O–H groups in total. The molecule has 0 saturated carbocycles. The van der Waals surface area contributed by atoms with Crippen LogP contribution >= 0.6 is 0 Å². The standard InChI is InChI=1S/C44H38FNO4/c45-36-23-21-35(22-24-36)40(47)27-28-44(31-46(43(44)48)37-19-11-4-12-20-37)39-26-25-38(34-17-9-3-10-18-34)41(49-29-32-13-5-1-6-14-32)42(39)50-30-33-15-7-2-8-16-33/h1-26,40,47H,27-31H2. The van der Waals surface area contributed by atoms with Crippen molar-refractivity contribution in [3.8, 4) is 22.6 Å². The Hall–Kier alpha value is -5.72. The topological polar surface area (TPSA) is 59.0 Å². The van der Waals surface area contributed by atoms with Crippen molar-refractivity contribution in [1.82, 2.24) is 0 Å². The van der Waals surface area contributed by atoms with E-state index in [0.29, 0.717) is 42.2 Å². The molecule has 0 aliphatic carbocycles. The molecule has 0 bridgehead atoms. The molecule has 1 amide bonds. The maximum Gasteiger partial charge on any atom is 0.239 e. The number of anilines is 1. The van der Waals surface area contributed by atoms with Gasteiger partial charge in [0, 0.05) is 23.4 Å². The first kappa shape index (κ1) is 32.8. The zero-order valence-corrected chi connectivity index (χ0v) is 27.6. The van der Waals surface area contributed by atoms with Crippen molar-refractivity contribution in [2.45, 2.75) is 37.6 Å². The molecule has 2 atom stereocenters. The minimum atomic E-state index is -1.02. The third kappa shape index (κ3) is 6.89. The number of carbonyl (C=O) groups excluding carboxylic acids is 1. The van der Waals surface area contributed by atoms with Crippen LogP contribution in [0.15, 0.2) is 158 Å². The number of nitrogens with zero attached hydrogens (tertiary/aromatic N) is 1. The molecule has 2 unspecified atom stereocenters. The molecule has 1 aliphatic heterocycles. The van der Waals surface area contributed by atoms with Gasteiger partial charge < -0.3 is 19.5 Å². The Bertz CT molecular complexity index is 2020. The second kappa shape index (κ2) is 14.8. The van der Waals surface area contributed by atoms with Crippen LogP contribution in [0, 0.1) is 5.82 Å². The molecule has 5 nitrogen and oxygen atoms in total. The van der Waals surface area contributed by atoms with Crippen LogP contribution in [0.4, 0.5) is 10.1 Å². The predicted octanol–water partition coefficient (Wildman–Crippen LogP) is 9.45. The van der Waals surface area contributed by atoms with Crippen LogP contribution in [0.5, 0.6) is 11.5 Å². The number of amides is 1. The Morgan fingerprint density at radius 2 is 1.20 bits per heavy atom. The summed E-state index contributed by atoms with van der Waals surface area (Å²) in [6.45, 7) is 0.946. The Labute approximate surface area is 292 Å². The van der Waals surface area contributed by atoms with Crippen LogP contribution in [-0.2, 0) is 23.4 Å². The fourth-order valence-corrected chi connectivity index (χ4v) is 6.68. The van der Waals surface area contributed by atoms with Gasteiger partial charge in [0.2, 0.25) is 5.91 Å². The number of carbonyl (C=O) groups is 1. The number of aliphatic hydroxyl groups is 1. The molecule has 1 aliphatic rings. The third-order valence-electron chi connectivity index (χ3n) is 9.41. The van der Waals surface area contributed by atoms with Gasteiger partial charge in [-0.1, -0.05) is 133 Å². The molecule has 6 aromatic rings. The lowest BCUT2D eigenvalue weighted by atomic mass is 9.68. The average molecular weight is 664 g/mol. The molecule has 1 saturated heterocycles. The summed E-state index contributed by atoms with van der Waals surface area (Å²) >= 11 is 0. The highest BCUT2D eigenvalue weighted by molar-refractivity contribution is 6.09. The van der Waals surface area contributed by atoms with E-state index in [1.165, 1.54) is 12.1 Å². The Morgan fingerprint density at radius 3 is 1.78 bits per heavy atom. The van der Waals surface area contributed by atoms with E-state index in [0.717, 1.165) is 27.9 Å². The van der Waals surface area contributed by atoms with Crippen LogP contribution in [0.25, 0.3) is 11.1 Å². The molecule has 250 valence electrons. The molecule has 1 heterocycles. The number of para-hydroxylation sites is 1. The van der Waals surface area contributed by atoms with Crippen molar-refractivity contribution in [1.29, 1.82) is 0 Å². The molecule has 0 aromatic heterocycles. The Kier molecular flexibility index (Phi) is 9.72. The number of halogens is 1. The van der Waals surface area contributed by atoms with Crippen LogP contribution in [0.1, 0.15) is 41.2 Å². The van der Waals surface area contributed by atoms with Crippen molar-refractivity contribution in [3.05, 3.63) is 186 Å². The van der Waals surface area contributed by atoms with Gasteiger partial charge in [-0.2, -0.15) is 0 Å². The summed E-state index contributed by atoms with van der Waals surface area (Å²) in [6.07, 6.45) is -0.283. The number of hydrogen-bond acceptors (Lipinski definition) is 4. The Balaban J connectivity index is 1.35. The predicted molar refractivity (Wildman–Crippen MR) is 194 cm³/mol.